The molecule has 1 fully saturated rings. The van der Waals surface area contributed by atoms with Crippen molar-refractivity contribution in [3.63, 3.8) is 0 Å². The molecular weight excluding hydrogens is 442 g/mol. The normalized spacial score (nSPS) is 18.6. The topological polar surface area (TPSA) is 108 Å². The third-order valence-electron chi connectivity index (χ3n) is 6.02. The lowest BCUT2D eigenvalue weighted by atomic mass is 9.92. The standard InChI is InChI=1S/C21H22F2N4O4S/c1-21(23,32(30,31)17-4-2-3-15(22)10-17)14-5-7-27(8-6-14)20(29)26-16-9-13-11-25-19(28)18(13)24-12-16/h2-4,9-10,12,14H,5-8,11H2,1H3,(H,25,28)(H,26,29)/t21-/m1/s1. The van der Waals surface area contributed by atoms with Crippen LogP contribution >= 0.6 is 0 Å². The van der Waals surface area contributed by atoms with Gasteiger partial charge in [-0.3, -0.25) is 4.79 Å². The maximum atomic E-state index is 15.5. The Hall–Kier alpha value is -3.08. The van der Waals surface area contributed by atoms with E-state index in [2.05, 4.69) is 15.6 Å². The maximum absolute atomic E-state index is 15.5. The van der Waals surface area contributed by atoms with Gasteiger partial charge in [-0.05, 0) is 44.0 Å². The van der Waals surface area contributed by atoms with E-state index in [4.69, 9.17) is 0 Å². The zero-order valence-corrected chi connectivity index (χ0v) is 18.1. The van der Waals surface area contributed by atoms with Crippen molar-refractivity contribution >= 4 is 27.5 Å². The van der Waals surface area contributed by atoms with Crippen LogP contribution in [0.3, 0.4) is 0 Å². The summed E-state index contributed by atoms with van der Waals surface area (Å²) in [5.74, 6) is -1.87. The molecule has 32 heavy (non-hydrogen) atoms. The first kappa shape index (κ1) is 22.1. The van der Waals surface area contributed by atoms with E-state index in [0.717, 1.165) is 19.1 Å². The second-order valence-electron chi connectivity index (χ2n) is 8.05. The van der Waals surface area contributed by atoms with Crippen molar-refractivity contribution in [1.29, 1.82) is 0 Å². The van der Waals surface area contributed by atoms with Gasteiger partial charge >= 0.3 is 6.03 Å². The number of alkyl halides is 1. The molecule has 2 aliphatic rings. The van der Waals surface area contributed by atoms with Gasteiger partial charge < -0.3 is 15.5 Å². The fourth-order valence-corrected chi connectivity index (χ4v) is 5.72. The first-order chi connectivity index (χ1) is 15.1. The zero-order chi connectivity index (χ0) is 23.1. The molecule has 3 amide bonds. The number of urea groups is 1. The van der Waals surface area contributed by atoms with Crippen molar-refractivity contribution < 1.29 is 26.8 Å². The summed E-state index contributed by atoms with van der Waals surface area (Å²) in [5, 5.41) is 2.74. The second-order valence-corrected chi connectivity index (χ2v) is 10.3. The van der Waals surface area contributed by atoms with Crippen molar-refractivity contribution in [3.05, 3.63) is 53.6 Å². The summed E-state index contributed by atoms with van der Waals surface area (Å²) >= 11 is 0. The van der Waals surface area contributed by atoms with Crippen LogP contribution in [0.4, 0.5) is 19.3 Å². The molecule has 4 rings (SSSR count). The molecule has 11 heteroatoms. The minimum absolute atomic E-state index is 0.135. The van der Waals surface area contributed by atoms with Gasteiger partial charge in [-0.15, -0.1) is 0 Å². The van der Waals surface area contributed by atoms with E-state index < -0.39 is 37.5 Å². The molecule has 0 unspecified atom stereocenters. The fourth-order valence-electron chi connectivity index (χ4n) is 4.06. The highest BCUT2D eigenvalue weighted by Gasteiger charge is 2.48. The number of hydrogen-bond acceptors (Lipinski definition) is 5. The molecule has 8 nitrogen and oxygen atoms in total. The van der Waals surface area contributed by atoms with E-state index in [1.165, 1.54) is 23.2 Å². The van der Waals surface area contributed by atoms with Crippen LogP contribution in [-0.4, -0.2) is 48.3 Å². The minimum Gasteiger partial charge on any atom is -0.347 e. The highest BCUT2D eigenvalue weighted by Crippen LogP contribution is 2.39. The van der Waals surface area contributed by atoms with Crippen molar-refractivity contribution in [2.24, 2.45) is 5.92 Å². The smallest absolute Gasteiger partial charge is 0.321 e. The number of piperidine rings is 1. The average Bonchev–Trinajstić information content (AvgIpc) is 3.13. The van der Waals surface area contributed by atoms with Crippen LogP contribution in [0.15, 0.2) is 41.4 Å². The zero-order valence-electron chi connectivity index (χ0n) is 17.3. The van der Waals surface area contributed by atoms with E-state index in [0.29, 0.717) is 23.5 Å². The Balaban J connectivity index is 1.40. The van der Waals surface area contributed by atoms with Crippen LogP contribution in [0.1, 0.15) is 35.8 Å². The number of hydrogen-bond donors (Lipinski definition) is 2. The molecule has 2 aliphatic heterocycles. The van der Waals surface area contributed by atoms with Gasteiger partial charge in [-0.2, -0.15) is 0 Å². The summed E-state index contributed by atoms with van der Waals surface area (Å²) in [6, 6.07) is 5.54. The minimum atomic E-state index is -4.42. The van der Waals surface area contributed by atoms with Gasteiger partial charge in [0.2, 0.25) is 14.8 Å². The molecule has 1 aromatic carbocycles. The number of nitrogens with one attached hydrogen (secondary N) is 2. The predicted molar refractivity (Wildman–Crippen MR) is 112 cm³/mol. The Kier molecular flexibility index (Phi) is 5.61. The first-order valence-corrected chi connectivity index (χ1v) is 11.6. The highest BCUT2D eigenvalue weighted by atomic mass is 32.2. The van der Waals surface area contributed by atoms with E-state index in [-0.39, 0.29) is 31.8 Å². The van der Waals surface area contributed by atoms with E-state index in [9.17, 15) is 22.4 Å². The molecule has 1 atom stereocenters. The Morgan fingerprint density at radius 1 is 1.28 bits per heavy atom. The number of carbonyl (C=O) groups is 2. The number of carbonyl (C=O) groups excluding carboxylic acids is 2. The van der Waals surface area contributed by atoms with Crippen LogP contribution in [0.5, 0.6) is 0 Å². The average molecular weight is 464 g/mol. The van der Waals surface area contributed by atoms with Crippen LogP contribution in [0.2, 0.25) is 0 Å². The van der Waals surface area contributed by atoms with Crippen molar-refractivity contribution in [3.8, 4) is 0 Å². The lowest BCUT2D eigenvalue weighted by molar-refractivity contribution is 0.0961. The molecular formula is C21H22F2N4O4S. The number of likely N-dealkylation sites (tertiary alicyclic amines) is 1. The van der Waals surface area contributed by atoms with Gasteiger partial charge in [-0.1, -0.05) is 6.07 Å². The number of benzene rings is 1. The van der Waals surface area contributed by atoms with Crippen molar-refractivity contribution in [2.45, 2.75) is 36.2 Å². The molecule has 0 radical (unpaired) electrons. The molecule has 0 spiro atoms. The number of sulfone groups is 1. The van der Waals surface area contributed by atoms with Gasteiger partial charge in [-0.25, -0.2) is 27.0 Å². The van der Waals surface area contributed by atoms with E-state index in [1.807, 2.05) is 0 Å². The van der Waals surface area contributed by atoms with Crippen LogP contribution in [0, 0.1) is 11.7 Å². The Labute approximate surface area is 183 Å². The Morgan fingerprint density at radius 3 is 2.69 bits per heavy atom. The maximum Gasteiger partial charge on any atom is 0.321 e. The molecule has 0 saturated carbocycles. The third kappa shape index (κ3) is 3.92. The third-order valence-corrected chi connectivity index (χ3v) is 8.27. The Bertz CT molecular complexity index is 1180. The van der Waals surface area contributed by atoms with Crippen LogP contribution in [0.25, 0.3) is 0 Å². The fraction of sp³-hybridized carbons (Fsp3) is 0.381. The molecule has 0 aliphatic carbocycles. The van der Waals surface area contributed by atoms with E-state index in [1.54, 1.807) is 6.07 Å². The summed E-state index contributed by atoms with van der Waals surface area (Å²) in [7, 11) is -4.42. The molecule has 1 aromatic heterocycles. The largest absolute Gasteiger partial charge is 0.347 e. The number of aromatic nitrogens is 1. The van der Waals surface area contributed by atoms with Gasteiger partial charge in [0.1, 0.15) is 11.5 Å². The number of amides is 3. The number of pyridine rings is 1. The van der Waals surface area contributed by atoms with Crippen LogP contribution < -0.4 is 10.6 Å². The van der Waals surface area contributed by atoms with Crippen molar-refractivity contribution in [2.75, 3.05) is 18.4 Å². The number of anilines is 1. The van der Waals surface area contributed by atoms with Gasteiger partial charge in [0.25, 0.3) is 5.91 Å². The summed E-state index contributed by atoms with van der Waals surface area (Å²) in [4.78, 5) is 29.3. The van der Waals surface area contributed by atoms with Gasteiger partial charge in [0.15, 0.2) is 0 Å². The molecule has 0 bridgehead atoms. The van der Waals surface area contributed by atoms with Gasteiger partial charge in [0, 0.05) is 31.1 Å². The molecule has 3 heterocycles. The molecule has 1 saturated heterocycles. The Morgan fingerprint density at radius 2 is 2.00 bits per heavy atom. The second kappa shape index (κ2) is 8.12. The number of halogens is 2. The summed E-state index contributed by atoms with van der Waals surface area (Å²) in [5.41, 5.74) is 1.43. The van der Waals surface area contributed by atoms with Gasteiger partial charge in [0.05, 0.1) is 16.8 Å². The van der Waals surface area contributed by atoms with Crippen molar-refractivity contribution in [1.82, 2.24) is 15.2 Å². The monoisotopic (exact) mass is 464 g/mol. The lowest BCUT2D eigenvalue weighted by Crippen LogP contribution is -2.48. The molecule has 2 aromatic rings. The summed E-state index contributed by atoms with van der Waals surface area (Å²) in [6.45, 7) is 1.66. The predicted octanol–water partition coefficient (Wildman–Crippen LogP) is 2.87. The lowest BCUT2D eigenvalue weighted by Gasteiger charge is -2.37. The number of rotatable bonds is 4. The molecule has 170 valence electrons. The quantitative estimate of drug-likeness (QED) is 0.723. The summed E-state index contributed by atoms with van der Waals surface area (Å²) < 4.78 is 54.6. The SMILES string of the molecule is C[C@](F)(C1CCN(C(=O)Nc2cnc3c(c2)CNC3=O)CC1)S(=O)(=O)c1cccc(F)c1. The summed E-state index contributed by atoms with van der Waals surface area (Å²) in [6.07, 6.45) is 1.66. The first-order valence-electron chi connectivity index (χ1n) is 10.1. The number of fused-ring (bicyclic) bond motifs is 1. The van der Waals surface area contributed by atoms with E-state index >= 15 is 4.39 Å². The molecule has 2 N–H and O–H groups in total. The highest BCUT2D eigenvalue weighted by molar-refractivity contribution is 7.92. The number of nitrogens with zero attached hydrogens (tertiary/aromatic N) is 2. The van der Waals surface area contributed by atoms with Crippen LogP contribution in [-0.2, 0) is 16.4 Å².